The zero-order chi connectivity index (χ0) is 12.3. The van der Waals surface area contributed by atoms with E-state index in [1.54, 1.807) is 19.9 Å². The Labute approximate surface area is 95.3 Å². The van der Waals surface area contributed by atoms with E-state index < -0.39 is 5.54 Å². The first-order valence-electron chi connectivity index (χ1n) is 5.34. The van der Waals surface area contributed by atoms with Crippen molar-refractivity contribution in [3.8, 4) is 0 Å². The zero-order valence-electron chi connectivity index (χ0n) is 10.2. The maximum absolute atomic E-state index is 11.8. The molecule has 0 saturated carbocycles. The highest BCUT2D eigenvalue weighted by Crippen LogP contribution is 2.12. The summed E-state index contributed by atoms with van der Waals surface area (Å²) in [6, 6.07) is 1.73. The Morgan fingerprint density at radius 1 is 1.62 bits per heavy atom. The average molecular weight is 225 g/mol. The van der Waals surface area contributed by atoms with Gasteiger partial charge in [-0.3, -0.25) is 9.89 Å². The molecule has 0 radical (unpaired) electrons. The van der Waals surface area contributed by atoms with Crippen molar-refractivity contribution in [1.29, 1.82) is 0 Å². The molecule has 0 spiro atoms. The Balaban J connectivity index is 2.74. The van der Waals surface area contributed by atoms with Crippen LogP contribution in [-0.2, 0) is 0 Å². The Bertz CT molecular complexity index is 369. The molecule has 0 bridgehead atoms. The molecule has 1 heterocycles. The smallest absolute Gasteiger partial charge is 0.272 e. The number of nitrogens with one attached hydrogen (secondary N) is 2. The molecule has 0 fully saturated rings. The summed E-state index contributed by atoms with van der Waals surface area (Å²) in [5, 5.41) is 18.5. The molecular formula is C11H19N3O2. The van der Waals surface area contributed by atoms with E-state index in [0.29, 0.717) is 11.6 Å². The molecule has 0 saturated heterocycles. The Kier molecular flexibility index (Phi) is 3.70. The van der Waals surface area contributed by atoms with Crippen molar-refractivity contribution in [2.24, 2.45) is 0 Å². The fourth-order valence-electron chi connectivity index (χ4n) is 1.16. The van der Waals surface area contributed by atoms with Gasteiger partial charge in [0, 0.05) is 5.69 Å². The summed E-state index contributed by atoms with van der Waals surface area (Å²) in [5.41, 5.74) is 0.644. The monoisotopic (exact) mass is 225 g/mol. The number of rotatable bonds is 4. The van der Waals surface area contributed by atoms with Gasteiger partial charge in [0.2, 0.25) is 0 Å². The van der Waals surface area contributed by atoms with Gasteiger partial charge in [-0.05, 0) is 25.8 Å². The number of H-pyrrole nitrogens is 1. The van der Waals surface area contributed by atoms with Gasteiger partial charge in [-0.2, -0.15) is 5.10 Å². The summed E-state index contributed by atoms with van der Waals surface area (Å²) in [6.45, 7) is 7.43. The molecule has 0 atom stereocenters. The van der Waals surface area contributed by atoms with Crippen molar-refractivity contribution in [2.45, 2.75) is 39.2 Å². The van der Waals surface area contributed by atoms with Gasteiger partial charge in [0.15, 0.2) is 0 Å². The summed E-state index contributed by atoms with van der Waals surface area (Å²) < 4.78 is 0. The van der Waals surface area contributed by atoms with Crippen molar-refractivity contribution < 1.29 is 9.90 Å². The maximum atomic E-state index is 11.8. The van der Waals surface area contributed by atoms with Crippen LogP contribution in [0.25, 0.3) is 0 Å². The molecule has 5 heteroatoms. The topological polar surface area (TPSA) is 78.0 Å². The lowest BCUT2D eigenvalue weighted by molar-refractivity contribution is 0.0864. The van der Waals surface area contributed by atoms with Gasteiger partial charge in [-0.15, -0.1) is 0 Å². The van der Waals surface area contributed by atoms with E-state index in [1.165, 1.54) is 0 Å². The fourth-order valence-corrected chi connectivity index (χ4v) is 1.16. The molecule has 90 valence electrons. The molecule has 1 rings (SSSR count). The second-order valence-electron chi connectivity index (χ2n) is 4.86. The summed E-state index contributed by atoms with van der Waals surface area (Å²) in [5.74, 6) is 0.0297. The lowest BCUT2D eigenvalue weighted by Gasteiger charge is -2.22. The van der Waals surface area contributed by atoms with Crippen LogP contribution in [0, 0.1) is 0 Å². The van der Waals surface area contributed by atoms with Crippen molar-refractivity contribution in [1.82, 2.24) is 15.5 Å². The minimum atomic E-state index is -0.631. The molecule has 1 aromatic rings. The molecule has 0 aliphatic heterocycles. The van der Waals surface area contributed by atoms with Crippen LogP contribution < -0.4 is 5.32 Å². The second kappa shape index (κ2) is 4.65. The summed E-state index contributed by atoms with van der Waals surface area (Å²) in [6.07, 6.45) is 0. The van der Waals surface area contributed by atoms with E-state index in [1.807, 2.05) is 13.8 Å². The number of nitrogens with zero attached hydrogens (tertiary/aromatic N) is 1. The number of amides is 1. The number of aliphatic hydroxyl groups excluding tert-OH is 1. The number of hydrogen-bond acceptors (Lipinski definition) is 3. The summed E-state index contributed by atoms with van der Waals surface area (Å²) in [4.78, 5) is 11.8. The minimum Gasteiger partial charge on any atom is -0.394 e. The zero-order valence-corrected chi connectivity index (χ0v) is 10.2. The standard InChI is InChI=1S/C11H19N3O2/c1-7(2)8-5-9(14-13-8)10(16)12-11(3,4)6-15/h5,7,15H,6H2,1-4H3,(H,12,16)(H,13,14). The maximum Gasteiger partial charge on any atom is 0.272 e. The van der Waals surface area contributed by atoms with Gasteiger partial charge < -0.3 is 10.4 Å². The van der Waals surface area contributed by atoms with Crippen molar-refractivity contribution >= 4 is 5.91 Å². The molecule has 0 unspecified atom stereocenters. The van der Waals surface area contributed by atoms with E-state index in [2.05, 4.69) is 15.5 Å². The van der Waals surface area contributed by atoms with Crippen LogP contribution in [0.15, 0.2) is 6.07 Å². The van der Waals surface area contributed by atoms with Crippen LogP contribution >= 0.6 is 0 Å². The molecule has 1 amide bonds. The average Bonchev–Trinajstić information content (AvgIpc) is 2.66. The molecule has 0 aromatic carbocycles. The van der Waals surface area contributed by atoms with Gasteiger partial charge in [0.25, 0.3) is 5.91 Å². The molecule has 1 aromatic heterocycles. The number of carbonyl (C=O) groups is 1. The first-order valence-corrected chi connectivity index (χ1v) is 5.34. The summed E-state index contributed by atoms with van der Waals surface area (Å²) >= 11 is 0. The molecule has 3 N–H and O–H groups in total. The van der Waals surface area contributed by atoms with E-state index >= 15 is 0 Å². The molecular weight excluding hydrogens is 206 g/mol. The van der Waals surface area contributed by atoms with Crippen LogP contribution in [0.4, 0.5) is 0 Å². The van der Waals surface area contributed by atoms with Crippen molar-refractivity contribution in [3.63, 3.8) is 0 Å². The van der Waals surface area contributed by atoms with Crippen LogP contribution in [0.1, 0.15) is 49.8 Å². The lowest BCUT2D eigenvalue weighted by atomic mass is 10.1. The van der Waals surface area contributed by atoms with E-state index in [4.69, 9.17) is 5.11 Å². The van der Waals surface area contributed by atoms with Gasteiger partial charge in [0.1, 0.15) is 5.69 Å². The van der Waals surface area contributed by atoms with Gasteiger partial charge in [0.05, 0.1) is 12.1 Å². The third-order valence-corrected chi connectivity index (χ3v) is 2.30. The number of hydrogen-bond donors (Lipinski definition) is 3. The van der Waals surface area contributed by atoms with Gasteiger partial charge in [-0.25, -0.2) is 0 Å². The van der Waals surface area contributed by atoms with Crippen LogP contribution in [0.5, 0.6) is 0 Å². The lowest BCUT2D eigenvalue weighted by Crippen LogP contribution is -2.46. The number of aromatic nitrogens is 2. The fraction of sp³-hybridized carbons (Fsp3) is 0.636. The third kappa shape index (κ3) is 3.06. The predicted molar refractivity (Wildman–Crippen MR) is 61.3 cm³/mol. The number of carbonyl (C=O) groups excluding carboxylic acids is 1. The quantitative estimate of drug-likeness (QED) is 0.716. The first-order chi connectivity index (χ1) is 7.35. The number of aliphatic hydroxyl groups is 1. The molecule has 0 aliphatic carbocycles. The highest BCUT2D eigenvalue weighted by Gasteiger charge is 2.21. The molecule has 16 heavy (non-hydrogen) atoms. The highest BCUT2D eigenvalue weighted by molar-refractivity contribution is 5.92. The largest absolute Gasteiger partial charge is 0.394 e. The van der Waals surface area contributed by atoms with E-state index in [0.717, 1.165) is 5.69 Å². The normalized spacial score (nSPS) is 11.9. The van der Waals surface area contributed by atoms with Crippen molar-refractivity contribution in [3.05, 3.63) is 17.5 Å². The van der Waals surface area contributed by atoms with E-state index in [9.17, 15) is 4.79 Å². The Morgan fingerprint density at radius 2 is 2.25 bits per heavy atom. The Hall–Kier alpha value is -1.36. The van der Waals surface area contributed by atoms with Gasteiger partial charge in [-0.1, -0.05) is 13.8 Å². The minimum absolute atomic E-state index is 0.111. The van der Waals surface area contributed by atoms with Gasteiger partial charge >= 0.3 is 0 Å². The SMILES string of the molecule is CC(C)c1cc(C(=O)NC(C)(C)CO)n[nH]1. The van der Waals surface area contributed by atoms with Crippen molar-refractivity contribution in [2.75, 3.05) is 6.61 Å². The molecule has 5 nitrogen and oxygen atoms in total. The number of aromatic amines is 1. The van der Waals surface area contributed by atoms with Crippen LogP contribution in [0.3, 0.4) is 0 Å². The highest BCUT2D eigenvalue weighted by atomic mass is 16.3. The predicted octanol–water partition coefficient (Wildman–Crippen LogP) is 1.03. The second-order valence-corrected chi connectivity index (χ2v) is 4.86. The van der Waals surface area contributed by atoms with Crippen LogP contribution in [-0.4, -0.2) is 33.4 Å². The molecule has 0 aliphatic rings. The summed E-state index contributed by atoms with van der Waals surface area (Å²) in [7, 11) is 0. The third-order valence-electron chi connectivity index (χ3n) is 2.30. The van der Waals surface area contributed by atoms with Crippen LogP contribution in [0.2, 0.25) is 0 Å². The Morgan fingerprint density at radius 3 is 2.69 bits per heavy atom. The first kappa shape index (κ1) is 12.7. The van der Waals surface area contributed by atoms with E-state index in [-0.39, 0.29) is 12.5 Å².